The first-order valence-corrected chi connectivity index (χ1v) is 10.1. The lowest BCUT2D eigenvalue weighted by Gasteiger charge is -2.38. The molecule has 0 aromatic carbocycles. The number of aliphatic hydroxyl groups is 1. The van der Waals surface area contributed by atoms with Crippen LogP contribution in [-0.2, 0) is 9.47 Å². The zero-order chi connectivity index (χ0) is 18.9. The Hall–Kier alpha value is -0.120. The van der Waals surface area contributed by atoms with Crippen LogP contribution in [0, 0.1) is 23.7 Å². The summed E-state index contributed by atoms with van der Waals surface area (Å²) in [5.74, 6) is 2.32. The zero-order valence-electron chi connectivity index (χ0n) is 17.7. The zero-order valence-corrected chi connectivity index (χ0v) is 17.7. The molecule has 1 rings (SSSR count). The Bertz CT molecular complexity index is 299. The van der Waals surface area contributed by atoms with Crippen molar-refractivity contribution in [3.63, 3.8) is 0 Å². The van der Waals surface area contributed by atoms with Gasteiger partial charge in [0.25, 0.3) is 0 Å². The topological polar surface area (TPSA) is 38.7 Å². The summed E-state index contributed by atoms with van der Waals surface area (Å²) in [4.78, 5) is 0. The molecule has 0 bridgehead atoms. The summed E-state index contributed by atoms with van der Waals surface area (Å²) >= 11 is 0. The lowest BCUT2D eigenvalue weighted by molar-refractivity contribution is -0.253. The third kappa shape index (κ3) is 10.7. The SMILES string of the molecule is CC(C)CC(O)C(C)C.CCC1OC(CC(C)C)CC(C(C)C)O1. The van der Waals surface area contributed by atoms with Gasteiger partial charge < -0.3 is 14.6 Å². The van der Waals surface area contributed by atoms with Gasteiger partial charge in [0.2, 0.25) is 0 Å². The molecule has 1 aliphatic rings. The van der Waals surface area contributed by atoms with E-state index in [0.29, 0.717) is 35.9 Å². The lowest BCUT2D eigenvalue weighted by atomic mass is 9.94. The van der Waals surface area contributed by atoms with Crippen LogP contribution >= 0.6 is 0 Å². The normalized spacial score (nSPS) is 26.0. The highest BCUT2D eigenvalue weighted by atomic mass is 16.7. The van der Waals surface area contributed by atoms with Crippen molar-refractivity contribution < 1.29 is 14.6 Å². The maximum absolute atomic E-state index is 9.30. The van der Waals surface area contributed by atoms with Gasteiger partial charge in [0.15, 0.2) is 6.29 Å². The smallest absolute Gasteiger partial charge is 0.158 e. The fourth-order valence-corrected chi connectivity index (χ4v) is 2.87. The lowest BCUT2D eigenvalue weighted by Crippen LogP contribution is -2.40. The number of rotatable bonds is 7. The van der Waals surface area contributed by atoms with Gasteiger partial charge in [-0.1, -0.05) is 62.3 Å². The van der Waals surface area contributed by atoms with E-state index in [0.717, 1.165) is 25.7 Å². The largest absolute Gasteiger partial charge is 0.393 e. The molecule has 1 heterocycles. The Morgan fingerprint density at radius 2 is 1.50 bits per heavy atom. The molecule has 1 saturated heterocycles. The third-order valence-electron chi connectivity index (χ3n) is 4.46. The van der Waals surface area contributed by atoms with Gasteiger partial charge in [0, 0.05) is 6.42 Å². The van der Waals surface area contributed by atoms with E-state index in [1.165, 1.54) is 0 Å². The van der Waals surface area contributed by atoms with E-state index in [4.69, 9.17) is 9.47 Å². The number of aliphatic hydroxyl groups excluding tert-OH is 1. The van der Waals surface area contributed by atoms with E-state index in [1.807, 2.05) is 13.8 Å². The van der Waals surface area contributed by atoms with E-state index in [9.17, 15) is 5.11 Å². The van der Waals surface area contributed by atoms with E-state index < -0.39 is 0 Å². The fraction of sp³-hybridized carbons (Fsp3) is 1.00. The molecule has 146 valence electrons. The summed E-state index contributed by atoms with van der Waals surface area (Å²) in [6, 6.07) is 0. The average Bonchev–Trinajstić information content (AvgIpc) is 2.45. The van der Waals surface area contributed by atoms with Gasteiger partial charge in [-0.05, 0) is 42.9 Å². The van der Waals surface area contributed by atoms with Gasteiger partial charge in [0.05, 0.1) is 18.3 Å². The summed E-state index contributed by atoms with van der Waals surface area (Å²) in [5, 5.41) is 9.30. The Morgan fingerprint density at radius 1 is 0.917 bits per heavy atom. The minimum Gasteiger partial charge on any atom is -0.393 e. The van der Waals surface area contributed by atoms with Crippen LogP contribution in [0.2, 0.25) is 0 Å². The second-order valence-electron chi connectivity index (χ2n) is 8.82. The molecule has 0 aliphatic carbocycles. The number of hydrogen-bond acceptors (Lipinski definition) is 3. The predicted molar refractivity (Wildman–Crippen MR) is 103 cm³/mol. The molecule has 0 aromatic heterocycles. The third-order valence-corrected chi connectivity index (χ3v) is 4.46. The van der Waals surface area contributed by atoms with Crippen LogP contribution in [0.15, 0.2) is 0 Å². The first-order valence-electron chi connectivity index (χ1n) is 10.1. The molecule has 24 heavy (non-hydrogen) atoms. The second kappa shape index (κ2) is 12.3. The van der Waals surface area contributed by atoms with Crippen LogP contribution in [0.1, 0.15) is 88.0 Å². The second-order valence-corrected chi connectivity index (χ2v) is 8.82. The Labute approximate surface area is 151 Å². The maximum atomic E-state index is 9.30. The van der Waals surface area contributed by atoms with Crippen molar-refractivity contribution >= 4 is 0 Å². The molecule has 0 saturated carbocycles. The number of hydrogen-bond donors (Lipinski definition) is 1. The van der Waals surface area contributed by atoms with Gasteiger partial charge in [-0.25, -0.2) is 0 Å². The molecule has 1 fully saturated rings. The van der Waals surface area contributed by atoms with Crippen molar-refractivity contribution in [2.45, 2.75) is 113 Å². The molecule has 0 radical (unpaired) electrons. The summed E-state index contributed by atoms with van der Waals surface area (Å²) < 4.78 is 11.8. The van der Waals surface area contributed by atoms with Crippen molar-refractivity contribution in [2.24, 2.45) is 23.7 Å². The predicted octanol–water partition coefficient (Wildman–Crippen LogP) is 5.65. The minimum absolute atomic E-state index is 0.0231. The molecule has 0 spiro atoms. The molecule has 1 aliphatic heterocycles. The number of ether oxygens (including phenoxy) is 2. The molecular weight excluding hydrogens is 300 g/mol. The highest BCUT2D eigenvalue weighted by Gasteiger charge is 2.30. The van der Waals surface area contributed by atoms with Crippen LogP contribution in [0.25, 0.3) is 0 Å². The first kappa shape index (κ1) is 23.9. The van der Waals surface area contributed by atoms with E-state index in [2.05, 4.69) is 48.5 Å². The average molecular weight is 345 g/mol. The van der Waals surface area contributed by atoms with Crippen molar-refractivity contribution in [1.82, 2.24) is 0 Å². The van der Waals surface area contributed by atoms with Crippen molar-refractivity contribution in [3.8, 4) is 0 Å². The van der Waals surface area contributed by atoms with Crippen LogP contribution in [0.5, 0.6) is 0 Å². The molecule has 0 amide bonds. The fourth-order valence-electron chi connectivity index (χ4n) is 2.87. The molecule has 3 nitrogen and oxygen atoms in total. The first-order chi connectivity index (χ1) is 11.1. The van der Waals surface area contributed by atoms with Gasteiger partial charge in [-0.3, -0.25) is 0 Å². The van der Waals surface area contributed by atoms with Gasteiger partial charge in [-0.15, -0.1) is 0 Å². The monoisotopic (exact) mass is 344 g/mol. The summed E-state index contributed by atoms with van der Waals surface area (Å²) in [6.45, 7) is 19.5. The summed E-state index contributed by atoms with van der Waals surface area (Å²) in [5.41, 5.74) is 0. The van der Waals surface area contributed by atoms with Crippen molar-refractivity contribution in [1.29, 1.82) is 0 Å². The molecule has 0 aromatic rings. The molecular formula is C21H44O3. The van der Waals surface area contributed by atoms with Crippen molar-refractivity contribution in [2.75, 3.05) is 0 Å². The van der Waals surface area contributed by atoms with Crippen LogP contribution in [-0.4, -0.2) is 29.7 Å². The molecule has 4 atom stereocenters. The summed E-state index contributed by atoms with van der Waals surface area (Å²) in [6.07, 6.45) is 4.80. The molecule has 3 heteroatoms. The van der Waals surface area contributed by atoms with Crippen LogP contribution in [0.3, 0.4) is 0 Å². The Kier molecular flexibility index (Phi) is 12.2. The minimum atomic E-state index is -0.106. The van der Waals surface area contributed by atoms with Crippen LogP contribution < -0.4 is 0 Å². The highest BCUT2D eigenvalue weighted by molar-refractivity contribution is 4.75. The highest BCUT2D eigenvalue weighted by Crippen LogP contribution is 2.28. The Balaban J connectivity index is 0.000000506. The standard InChI is InChI=1S/C13H26O2.C8H18O/c1-6-13-14-11(7-9(2)3)8-12(15-13)10(4)5;1-6(2)5-8(9)7(3)4/h9-13H,6-8H2,1-5H3;6-9H,5H2,1-4H3. The van der Waals surface area contributed by atoms with Gasteiger partial charge >= 0.3 is 0 Å². The van der Waals surface area contributed by atoms with E-state index >= 15 is 0 Å². The molecule has 1 N–H and O–H groups in total. The quantitative estimate of drug-likeness (QED) is 0.648. The molecule has 4 unspecified atom stereocenters. The van der Waals surface area contributed by atoms with Crippen LogP contribution in [0.4, 0.5) is 0 Å². The van der Waals surface area contributed by atoms with E-state index in [-0.39, 0.29) is 12.4 Å². The van der Waals surface area contributed by atoms with Crippen molar-refractivity contribution in [3.05, 3.63) is 0 Å². The van der Waals surface area contributed by atoms with E-state index in [1.54, 1.807) is 0 Å². The maximum Gasteiger partial charge on any atom is 0.158 e. The van der Waals surface area contributed by atoms with Gasteiger partial charge in [0.1, 0.15) is 0 Å². The summed E-state index contributed by atoms with van der Waals surface area (Å²) in [7, 11) is 0. The Morgan fingerprint density at radius 3 is 1.83 bits per heavy atom. The van der Waals surface area contributed by atoms with Gasteiger partial charge in [-0.2, -0.15) is 0 Å².